The summed E-state index contributed by atoms with van der Waals surface area (Å²) in [6.07, 6.45) is 0.0292. The maximum atomic E-state index is 11.8. The highest BCUT2D eigenvalue weighted by Crippen LogP contribution is 2.37. The van der Waals surface area contributed by atoms with Gasteiger partial charge in [-0.3, -0.25) is 9.59 Å². The standard InChI is InChI=1S/C18H15ClN2O4S/c1-25-14-7-13-15(6-12(14)10-3-2-4-11(19)5-10)26-17(21-13)8-16(22)20-9-18(23)24/h2-7H,8-9H2,1H3,(H,20,22)(H,23,24). The molecule has 0 saturated carbocycles. The van der Waals surface area contributed by atoms with Crippen molar-refractivity contribution >= 4 is 45.0 Å². The van der Waals surface area contributed by atoms with E-state index in [9.17, 15) is 9.59 Å². The molecule has 3 rings (SSSR count). The predicted molar refractivity (Wildman–Crippen MR) is 101 cm³/mol. The summed E-state index contributed by atoms with van der Waals surface area (Å²) in [5, 5.41) is 12.2. The van der Waals surface area contributed by atoms with Crippen molar-refractivity contribution in [1.29, 1.82) is 0 Å². The number of aromatic nitrogens is 1. The van der Waals surface area contributed by atoms with Crippen molar-refractivity contribution in [2.75, 3.05) is 13.7 Å². The van der Waals surface area contributed by atoms with E-state index in [1.54, 1.807) is 13.2 Å². The van der Waals surface area contributed by atoms with Gasteiger partial charge in [-0.05, 0) is 23.8 Å². The van der Waals surface area contributed by atoms with Gasteiger partial charge < -0.3 is 15.2 Å². The molecule has 2 aromatic carbocycles. The number of rotatable bonds is 6. The molecular weight excluding hydrogens is 376 g/mol. The average molecular weight is 391 g/mol. The number of thiazole rings is 1. The van der Waals surface area contributed by atoms with Gasteiger partial charge in [-0.25, -0.2) is 4.98 Å². The van der Waals surface area contributed by atoms with Gasteiger partial charge >= 0.3 is 5.97 Å². The number of nitrogens with zero attached hydrogens (tertiary/aromatic N) is 1. The first-order valence-corrected chi connectivity index (χ1v) is 8.87. The molecule has 0 saturated heterocycles. The molecule has 134 valence electrons. The van der Waals surface area contributed by atoms with Crippen molar-refractivity contribution in [3.8, 4) is 16.9 Å². The van der Waals surface area contributed by atoms with Crippen molar-refractivity contribution in [1.82, 2.24) is 10.3 Å². The first-order chi connectivity index (χ1) is 12.5. The molecule has 0 aliphatic rings. The van der Waals surface area contributed by atoms with Gasteiger partial charge in [0.2, 0.25) is 5.91 Å². The summed E-state index contributed by atoms with van der Waals surface area (Å²) >= 11 is 7.47. The number of aliphatic carboxylic acids is 1. The number of hydrogen-bond acceptors (Lipinski definition) is 5. The number of hydrogen-bond donors (Lipinski definition) is 2. The molecule has 0 fully saturated rings. The third-order valence-corrected chi connectivity index (χ3v) is 4.89. The van der Waals surface area contributed by atoms with Crippen LogP contribution in [0.25, 0.3) is 21.3 Å². The van der Waals surface area contributed by atoms with Crippen LogP contribution in [0.15, 0.2) is 36.4 Å². The zero-order chi connectivity index (χ0) is 18.7. The first-order valence-electron chi connectivity index (χ1n) is 7.68. The SMILES string of the molecule is COc1cc2nc(CC(=O)NCC(=O)O)sc2cc1-c1cccc(Cl)c1. The van der Waals surface area contributed by atoms with Gasteiger partial charge in [0.05, 0.1) is 23.7 Å². The van der Waals surface area contributed by atoms with Gasteiger partial charge in [0.1, 0.15) is 17.3 Å². The molecule has 1 heterocycles. The number of benzene rings is 2. The molecule has 1 amide bonds. The second-order valence-electron chi connectivity index (χ2n) is 5.49. The first kappa shape index (κ1) is 18.2. The molecule has 0 spiro atoms. The van der Waals surface area contributed by atoms with Crippen LogP contribution in [0.4, 0.5) is 0 Å². The van der Waals surface area contributed by atoms with Crippen molar-refractivity contribution < 1.29 is 19.4 Å². The van der Waals surface area contributed by atoms with E-state index >= 15 is 0 Å². The summed E-state index contributed by atoms with van der Waals surface area (Å²) in [5.74, 6) is -0.806. The summed E-state index contributed by atoms with van der Waals surface area (Å²) in [6.45, 7) is -0.406. The number of carboxylic acids is 1. The number of methoxy groups -OCH3 is 1. The number of carboxylic acid groups (broad SMARTS) is 1. The van der Waals surface area contributed by atoms with E-state index in [4.69, 9.17) is 21.4 Å². The largest absolute Gasteiger partial charge is 0.496 e. The van der Waals surface area contributed by atoms with Gasteiger partial charge in [0.15, 0.2) is 0 Å². The Kier molecular flexibility index (Phi) is 5.39. The number of nitrogens with one attached hydrogen (secondary N) is 1. The fourth-order valence-corrected chi connectivity index (χ4v) is 3.68. The molecular formula is C18H15ClN2O4S. The number of carbonyl (C=O) groups is 2. The highest BCUT2D eigenvalue weighted by Gasteiger charge is 2.14. The molecule has 0 aliphatic carbocycles. The summed E-state index contributed by atoms with van der Waals surface area (Å²) < 4.78 is 6.38. The summed E-state index contributed by atoms with van der Waals surface area (Å²) in [6, 6.07) is 11.2. The van der Waals surface area contributed by atoms with Crippen LogP contribution in [-0.2, 0) is 16.0 Å². The summed E-state index contributed by atoms with van der Waals surface area (Å²) in [4.78, 5) is 26.8. The normalized spacial score (nSPS) is 10.7. The fourth-order valence-electron chi connectivity index (χ4n) is 2.50. The topological polar surface area (TPSA) is 88.5 Å². The quantitative estimate of drug-likeness (QED) is 0.673. The Bertz CT molecular complexity index is 986. The molecule has 6 nitrogen and oxygen atoms in total. The number of fused-ring (bicyclic) bond motifs is 1. The molecule has 0 radical (unpaired) electrons. The van der Waals surface area contributed by atoms with Crippen LogP contribution in [0.5, 0.6) is 5.75 Å². The number of carbonyl (C=O) groups excluding carboxylic acids is 1. The number of halogens is 1. The van der Waals surface area contributed by atoms with Crippen LogP contribution < -0.4 is 10.1 Å². The lowest BCUT2D eigenvalue weighted by Gasteiger charge is -2.09. The van der Waals surface area contributed by atoms with Crippen molar-refractivity contribution in [3.05, 3.63) is 46.4 Å². The van der Waals surface area contributed by atoms with Crippen LogP contribution in [-0.4, -0.2) is 35.6 Å². The predicted octanol–water partition coefficient (Wildman–Crippen LogP) is 3.37. The molecule has 8 heteroatoms. The van der Waals surface area contributed by atoms with E-state index in [0.29, 0.717) is 15.8 Å². The highest BCUT2D eigenvalue weighted by molar-refractivity contribution is 7.18. The van der Waals surface area contributed by atoms with Crippen LogP contribution >= 0.6 is 22.9 Å². The summed E-state index contributed by atoms with van der Waals surface area (Å²) in [7, 11) is 1.59. The van der Waals surface area contributed by atoms with Crippen LogP contribution in [0.1, 0.15) is 5.01 Å². The van der Waals surface area contributed by atoms with Crippen molar-refractivity contribution in [2.24, 2.45) is 0 Å². The Labute approximate surface area is 158 Å². The highest BCUT2D eigenvalue weighted by atomic mass is 35.5. The Balaban J connectivity index is 1.92. The van der Waals surface area contributed by atoms with E-state index in [-0.39, 0.29) is 12.3 Å². The summed E-state index contributed by atoms with van der Waals surface area (Å²) in [5.41, 5.74) is 2.53. The Morgan fingerprint density at radius 3 is 2.81 bits per heavy atom. The zero-order valence-corrected chi connectivity index (χ0v) is 15.4. The molecule has 3 aromatic rings. The molecule has 0 unspecified atom stereocenters. The van der Waals surface area contributed by atoms with Crippen molar-refractivity contribution in [2.45, 2.75) is 6.42 Å². The number of ether oxygens (including phenoxy) is 1. The molecule has 26 heavy (non-hydrogen) atoms. The van der Waals surface area contributed by atoms with Crippen LogP contribution in [0, 0.1) is 0 Å². The molecule has 0 aliphatic heterocycles. The van der Waals surface area contributed by atoms with Gasteiger partial charge in [-0.2, -0.15) is 0 Å². The molecule has 0 atom stereocenters. The van der Waals surface area contributed by atoms with E-state index in [1.165, 1.54) is 11.3 Å². The lowest BCUT2D eigenvalue weighted by Crippen LogP contribution is -2.30. The van der Waals surface area contributed by atoms with Gasteiger partial charge in [0, 0.05) is 16.7 Å². The van der Waals surface area contributed by atoms with Gasteiger partial charge in [0.25, 0.3) is 0 Å². The van der Waals surface area contributed by atoms with Gasteiger partial charge in [-0.15, -0.1) is 11.3 Å². The minimum absolute atomic E-state index is 0.0292. The molecule has 2 N–H and O–H groups in total. The molecule has 1 aromatic heterocycles. The van der Waals surface area contributed by atoms with E-state index < -0.39 is 12.5 Å². The monoisotopic (exact) mass is 390 g/mol. The van der Waals surface area contributed by atoms with Crippen molar-refractivity contribution in [3.63, 3.8) is 0 Å². The molecule has 0 bridgehead atoms. The second kappa shape index (κ2) is 7.72. The third-order valence-electron chi connectivity index (χ3n) is 3.64. The third kappa shape index (κ3) is 4.12. The smallest absolute Gasteiger partial charge is 0.322 e. The average Bonchev–Trinajstić information content (AvgIpc) is 2.99. The zero-order valence-electron chi connectivity index (χ0n) is 13.8. The minimum atomic E-state index is -1.08. The lowest BCUT2D eigenvalue weighted by atomic mass is 10.0. The Hall–Kier alpha value is -2.64. The second-order valence-corrected chi connectivity index (χ2v) is 7.04. The maximum absolute atomic E-state index is 11.8. The minimum Gasteiger partial charge on any atom is -0.496 e. The fraction of sp³-hybridized carbons (Fsp3) is 0.167. The number of amides is 1. The van der Waals surface area contributed by atoms with Crippen LogP contribution in [0.2, 0.25) is 5.02 Å². The Morgan fingerprint density at radius 2 is 2.12 bits per heavy atom. The van der Waals surface area contributed by atoms with E-state index in [0.717, 1.165) is 21.3 Å². The van der Waals surface area contributed by atoms with E-state index in [2.05, 4.69) is 10.3 Å². The van der Waals surface area contributed by atoms with E-state index in [1.807, 2.05) is 30.3 Å². The maximum Gasteiger partial charge on any atom is 0.322 e. The lowest BCUT2D eigenvalue weighted by molar-refractivity contribution is -0.137. The Morgan fingerprint density at radius 1 is 1.31 bits per heavy atom. The van der Waals surface area contributed by atoms with Gasteiger partial charge in [-0.1, -0.05) is 23.7 Å². The van der Waals surface area contributed by atoms with Crippen LogP contribution in [0.3, 0.4) is 0 Å².